The lowest BCUT2D eigenvalue weighted by Gasteiger charge is -2.58. The summed E-state index contributed by atoms with van der Waals surface area (Å²) in [7, 11) is 0. The van der Waals surface area contributed by atoms with Crippen molar-refractivity contribution >= 4 is 11.9 Å². The van der Waals surface area contributed by atoms with Gasteiger partial charge in [-0.1, -0.05) is 163 Å². The van der Waals surface area contributed by atoms with E-state index >= 15 is 0 Å². The molecule has 68 heavy (non-hydrogen) atoms. The van der Waals surface area contributed by atoms with Gasteiger partial charge >= 0.3 is 11.9 Å². The number of carbonyl (C=O) groups excluding carboxylic acids is 2. The predicted molar refractivity (Wildman–Crippen MR) is 288 cm³/mol. The second-order valence-electron chi connectivity index (χ2n) is 24.2. The zero-order valence-electron chi connectivity index (χ0n) is 46.1. The molecule has 3 saturated carbocycles. The summed E-state index contributed by atoms with van der Waals surface area (Å²) in [5.41, 5.74) is 2.33. The Morgan fingerprint density at radius 2 is 1.25 bits per heavy atom. The van der Waals surface area contributed by atoms with Gasteiger partial charge in [-0.05, 0) is 181 Å². The molecule has 4 aliphatic carbocycles. The van der Waals surface area contributed by atoms with Crippen LogP contribution in [0.15, 0.2) is 23.8 Å². The van der Waals surface area contributed by atoms with Crippen LogP contribution in [0, 0.1) is 52.3 Å². The molecule has 0 heterocycles. The van der Waals surface area contributed by atoms with E-state index in [9.17, 15) is 14.7 Å². The minimum absolute atomic E-state index is 0.000842. The van der Waals surface area contributed by atoms with Gasteiger partial charge in [0.1, 0.15) is 12.2 Å². The maximum Gasteiger partial charge on any atom is 0.306 e. The number of aliphatic hydroxyl groups is 1. The molecule has 4 aliphatic rings. The minimum atomic E-state index is -0.000842. The van der Waals surface area contributed by atoms with E-state index in [0.717, 1.165) is 133 Å². The molecule has 0 radical (unpaired) electrons. The molecular formula is C62H111NO5. The molecule has 0 saturated heterocycles. The van der Waals surface area contributed by atoms with Gasteiger partial charge in [0.15, 0.2) is 0 Å². The van der Waals surface area contributed by atoms with E-state index < -0.39 is 0 Å². The molecule has 0 spiro atoms. The van der Waals surface area contributed by atoms with Crippen molar-refractivity contribution in [2.45, 2.75) is 279 Å². The van der Waals surface area contributed by atoms with Gasteiger partial charge in [-0.2, -0.15) is 0 Å². The molecule has 0 aromatic rings. The quantitative estimate of drug-likeness (QED) is 0.0380. The number of rotatable bonds is 37. The summed E-state index contributed by atoms with van der Waals surface area (Å²) >= 11 is 0. The third-order valence-corrected chi connectivity index (χ3v) is 18.7. The Labute approximate surface area is 421 Å². The molecule has 0 aromatic heterocycles. The molecule has 0 amide bonds. The van der Waals surface area contributed by atoms with Crippen molar-refractivity contribution in [1.82, 2.24) is 4.90 Å². The summed E-state index contributed by atoms with van der Waals surface area (Å²) in [4.78, 5) is 28.7. The van der Waals surface area contributed by atoms with Gasteiger partial charge in [0.2, 0.25) is 0 Å². The fourth-order valence-corrected chi connectivity index (χ4v) is 13.9. The first kappa shape index (κ1) is 58.9. The molecule has 6 nitrogen and oxygen atoms in total. The summed E-state index contributed by atoms with van der Waals surface area (Å²) < 4.78 is 12.3. The fraction of sp³-hybridized carbons (Fsp3) is 0.903. The molecule has 9 unspecified atom stereocenters. The van der Waals surface area contributed by atoms with E-state index in [0.29, 0.717) is 36.0 Å². The van der Waals surface area contributed by atoms with Crippen molar-refractivity contribution in [2.24, 2.45) is 52.3 Å². The summed E-state index contributed by atoms with van der Waals surface area (Å²) in [5, 5.41) is 9.44. The minimum Gasteiger partial charge on any atom is -0.462 e. The Morgan fingerprint density at radius 3 is 1.88 bits per heavy atom. The van der Waals surface area contributed by atoms with Gasteiger partial charge in [0, 0.05) is 25.9 Å². The van der Waals surface area contributed by atoms with Crippen LogP contribution in [0.4, 0.5) is 0 Å². The first-order valence-electron chi connectivity index (χ1n) is 30.0. The van der Waals surface area contributed by atoms with Crippen LogP contribution in [0.5, 0.6) is 0 Å². The maximum absolute atomic E-state index is 13.2. The lowest BCUT2D eigenvalue weighted by molar-refractivity contribution is -0.152. The molecule has 0 bridgehead atoms. The molecule has 0 aromatic carbocycles. The Balaban J connectivity index is 1.11. The van der Waals surface area contributed by atoms with Crippen molar-refractivity contribution in [3.63, 3.8) is 0 Å². The first-order valence-corrected chi connectivity index (χ1v) is 30.0. The average molecular weight is 951 g/mol. The number of allylic oxidation sites excluding steroid dienone is 3. The van der Waals surface area contributed by atoms with Crippen LogP contribution in [0.1, 0.15) is 267 Å². The third kappa shape index (κ3) is 19.4. The Morgan fingerprint density at radius 1 is 0.676 bits per heavy atom. The smallest absolute Gasteiger partial charge is 0.306 e. The summed E-state index contributed by atoms with van der Waals surface area (Å²) in [5.74, 6) is 5.24. The zero-order chi connectivity index (χ0) is 49.2. The van der Waals surface area contributed by atoms with Gasteiger partial charge in [0.25, 0.3) is 0 Å². The number of hydrogen-bond acceptors (Lipinski definition) is 6. The van der Waals surface area contributed by atoms with Crippen LogP contribution < -0.4 is 0 Å². The van der Waals surface area contributed by atoms with Crippen molar-refractivity contribution in [3.05, 3.63) is 23.8 Å². The van der Waals surface area contributed by atoms with Gasteiger partial charge < -0.3 is 19.5 Å². The molecule has 0 aliphatic heterocycles. The number of fused-ring (bicyclic) bond motifs is 5. The number of carbonyl (C=O) groups is 2. The lowest BCUT2D eigenvalue weighted by Crippen LogP contribution is -2.51. The number of esters is 2. The van der Waals surface area contributed by atoms with Crippen LogP contribution in [0.25, 0.3) is 0 Å². The topological polar surface area (TPSA) is 76.1 Å². The molecular weight excluding hydrogens is 839 g/mol. The van der Waals surface area contributed by atoms with Crippen molar-refractivity contribution in [1.29, 1.82) is 0 Å². The molecule has 3 fully saturated rings. The second kappa shape index (κ2) is 32.4. The Bertz CT molecular complexity index is 1420. The summed E-state index contributed by atoms with van der Waals surface area (Å²) in [6.45, 7) is 22.7. The average Bonchev–Trinajstić information content (AvgIpc) is 3.68. The fourth-order valence-electron chi connectivity index (χ4n) is 13.9. The SMILES string of the molecule is CCCCCCCCC(CCCCCCCC)OC(=O)CCCCCCN(CCCCO)CCCCCC(=O)OC1CCC2(C)C(=CCC3C2CCC2(C)C(C(C)/C=C/C(C)C(C)C)CCC32)C1. The van der Waals surface area contributed by atoms with E-state index in [-0.39, 0.29) is 36.2 Å². The maximum atomic E-state index is 13.2. The van der Waals surface area contributed by atoms with Crippen molar-refractivity contribution in [3.8, 4) is 0 Å². The lowest BCUT2D eigenvalue weighted by atomic mass is 9.47. The second-order valence-corrected chi connectivity index (χ2v) is 24.2. The predicted octanol–water partition coefficient (Wildman–Crippen LogP) is 17.0. The van der Waals surface area contributed by atoms with E-state index in [2.05, 4.69) is 78.5 Å². The van der Waals surface area contributed by atoms with Crippen molar-refractivity contribution in [2.75, 3.05) is 26.2 Å². The van der Waals surface area contributed by atoms with Crippen LogP contribution in [0.3, 0.4) is 0 Å². The Hall–Kier alpha value is -1.66. The largest absolute Gasteiger partial charge is 0.462 e. The molecule has 6 heteroatoms. The number of unbranched alkanes of at least 4 members (excludes halogenated alkanes) is 16. The number of ether oxygens (including phenoxy) is 2. The zero-order valence-corrected chi connectivity index (χ0v) is 46.1. The third-order valence-electron chi connectivity index (χ3n) is 18.7. The number of nitrogens with zero attached hydrogens (tertiary/aromatic N) is 1. The highest BCUT2D eigenvalue weighted by Gasteiger charge is 2.59. The molecule has 1 N–H and O–H groups in total. The van der Waals surface area contributed by atoms with E-state index in [1.54, 1.807) is 5.57 Å². The van der Waals surface area contributed by atoms with Gasteiger partial charge in [-0.15, -0.1) is 0 Å². The number of hydrogen-bond donors (Lipinski definition) is 1. The molecule has 394 valence electrons. The van der Waals surface area contributed by atoms with Crippen LogP contribution in [-0.2, 0) is 19.1 Å². The highest BCUT2D eigenvalue weighted by Crippen LogP contribution is 2.67. The molecule has 4 rings (SSSR count). The van der Waals surface area contributed by atoms with Gasteiger partial charge in [-0.25, -0.2) is 0 Å². The number of aliphatic hydroxyl groups excluding tert-OH is 1. The summed E-state index contributed by atoms with van der Waals surface area (Å²) in [6.07, 6.45) is 45.3. The first-order chi connectivity index (χ1) is 32.9. The monoisotopic (exact) mass is 950 g/mol. The van der Waals surface area contributed by atoms with Crippen molar-refractivity contribution < 1.29 is 24.2 Å². The Kier molecular flexibility index (Phi) is 28.1. The van der Waals surface area contributed by atoms with Gasteiger partial charge in [-0.3, -0.25) is 9.59 Å². The van der Waals surface area contributed by atoms with Crippen LogP contribution >= 0.6 is 0 Å². The normalized spacial score (nSPS) is 26.8. The van der Waals surface area contributed by atoms with Crippen LogP contribution in [0.2, 0.25) is 0 Å². The highest BCUT2D eigenvalue weighted by atomic mass is 16.5. The van der Waals surface area contributed by atoms with E-state index in [4.69, 9.17) is 9.47 Å². The standard InChI is InChI=1S/C62H111NO5/c1-9-11-13-15-17-22-30-53(31-23-18-16-14-12-10-2)67-59(65)32-24-19-20-26-44-63(46-28-29-47-64)45-27-21-25-33-60(66)68-54-40-42-61(7)52(48-54)36-37-55-57-39-38-56(62(57,8)43-41-58(55)61)51(6)35-34-50(5)49(3)4/h34-36,49-51,53-58,64H,9-33,37-48H2,1-8H3/b35-34+. The van der Waals surface area contributed by atoms with E-state index in [1.807, 2.05) is 0 Å². The summed E-state index contributed by atoms with van der Waals surface area (Å²) in [6, 6.07) is 0. The molecule has 9 atom stereocenters. The highest BCUT2D eigenvalue weighted by molar-refractivity contribution is 5.69. The van der Waals surface area contributed by atoms with Crippen LogP contribution in [-0.4, -0.2) is 60.4 Å². The van der Waals surface area contributed by atoms with E-state index in [1.165, 1.54) is 109 Å². The van der Waals surface area contributed by atoms with Gasteiger partial charge in [0.05, 0.1) is 0 Å².